The third kappa shape index (κ3) is 10.4. The Labute approximate surface area is 587 Å². The van der Waals surface area contributed by atoms with E-state index in [1.54, 1.807) is 0 Å². The molecule has 10 nitrogen and oxygen atoms in total. The molecule has 10 heteroatoms. The number of para-hydroxylation sites is 4. The molecule has 0 bridgehead atoms. The second kappa shape index (κ2) is 24.7. The quantitative estimate of drug-likeness (QED) is 0.135. The van der Waals surface area contributed by atoms with Crippen molar-refractivity contribution in [1.29, 1.82) is 0 Å². The predicted octanol–water partition coefficient (Wildman–Crippen LogP) is 22.8. The van der Waals surface area contributed by atoms with Gasteiger partial charge in [0.25, 0.3) is 0 Å². The molecule has 0 unspecified atom stereocenters. The average Bonchev–Trinajstić information content (AvgIpc) is 1.60. The minimum absolute atomic E-state index is 0.590. The Morgan fingerprint density at radius 3 is 0.794 bits per heavy atom. The van der Waals surface area contributed by atoms with Gasteiger partial charge in [0.15, 0.2) is 23.3 Å². The van der Waals surface area contributed by atoms with Crippen molar-refractivity contribution in [2.45, 2.75) is 13.8 Å². The molecule has 20 aromatic rings. The van der Waals surface area contributed by atoms with Gasteiger partial charge >= 0.3 is 0 Å². The first kappa shape index (κ1) is 59.6. The first-order valence-electron chi connectivity index (χ1n) is 34.4. The van der Waals surface area contributed by atoms with Crippen LogP contribution in [-0.2, 0) is 0 Å². The fourth-order valence-corrected chi connectivity index (χ4v) is 14.8. The smallest absolute Gasteiger partial charge is 0.238 e. The van der Waals surface area contributed by atoms with Crippen LogP contribution in [0.15, 0.2) is 340 Å². The summed E-state index contributed by atoms with van der Waals surface area (Å²) in [4.78, 5) is 30.3. The first-order chi connectivity index (χ1) is 50.4. The van der Waals surface area contributed by atoms with E-state index in [0.717, 1.165) is 88.4 Å². The molecule has 0 fully saturated rings. The number of fused-ring (bicyclic) bond motifs is 12. The summed E-state index contributed by atoms with van der Waals surface area (Å²) < 4.78 is 9.08. The van der Waals surface area contributed by atoms with Crippen molar-refractivity contribution in [3.05, 3.63) is 351 Å². The minimum Gasteiger partial charge on any atom is -0.309 e. The molecule has 0 amide bonds. The highest BCUT2D eigenvalue weighted by Crippen LogP contribution is 2.42. The van der Waals surface area contributed by atoms with Gasteiger partial charge in [-0.3, -0.25) is 9.13 Å². The van der Waals surface area contributed by atoms with E-state index in [1.165, 1.54) is 65.9 Å². The van der Waals surface area contributed by atoms with Crippen LogP contribution in [0.5, 0.6) is 0 Å². The highest BCUT2D eigenvalue weighted by molar-refractivity contribution is 6.15. The summed E-state index contributed by atoms with van der Waals surface area (Å²) in [5.41, 5.74) is 22.2. The van der Waals surface area contributed by atoms with E-state index in [-0.39, 0.29) is 0 Å². The fraction of sp³-hybridized carbons (Fsp3) is 0.0217. The molecule has 20 rings (SSSR count). The van der Waals surface area contributed by atoms with Crippen LogP contribution in [0.25, 0.3) is 178 Å². The van der Waals surface area contributed by atoms with Gasteiger partial charge < -0.3 is 9.13 Å². The highest BCUT2D eigenvalue weighted by atomic mass is 15.2. The van der Waals surface area contributed by atoms with Crippen molar-refractivity contribution in [2.75, 3.05) is 0 Å². The molecule has 6 heterocycles. The van der Waals surface area contributed by atoms with Gasteiger partial charge in [0.05, 0.1) is 44.1 Å². The van der Waals surface area contributed by atoms with E-state index >= 15 is 0 Å². The summed E-state index contributed by atoms with van der Waals surface area (Å²) >= 11 is 0. The molecule has 0 saturated heterocycles. The van der Waals surface area contributed by atoms with Crippen molar-refractivity contribution in [3.8, 4) is 91.1 Å². The molecule has 0 spiro atoms. The van der Waals surface area contributed by atoms with Gasteiger partial charge in [-0.05, 0) is 139 Å². The zero-order valence-corrected chi connectivity index (χ0v) is 55.8. The topological polar surface area (TPSA) is 97.1 Å². The molecule has 0 radical (unpaired) electrons. The zero-order chi connectivity index (χ0) is 67.8. The number of benzene rings is 14. The number of hydrogen-bond acceptors (Lipinski definition) is 6. The van der Waals surface area contributed by atoms with Gasteiger partial charge in [-0.15, -0.1) is 0 Å². The van der Waals surface area contributed by atoms with Gasteiger partial charge in [0, 0.05) is 76.7 Å². The monoisotopic (exact) mass is 1310 g/mol. The number of rotatable bonds is 10. The van der Waals surface area contributed by atoms with Gasteiger partial charge in [-0.2, -0.15) is 19.9 Å². The Hall–Kier alpha value is -13.7. The Kier molecular flexibility index (Phi) is 14.4. The molecule has 0 atom stereocenters. The molecular weight excluding hydrogens is 1250 g/mol. The van der Waals surface area contributed by atoms with E-state index in [0.29, 0.717) is 35.2 Å². The standard InChI is InChI=1S/2C46H31N5/c1-30-21-24-42-37(27-30)39-29-34(33-22-25-41-38(28-33)36-19-11-12-20-40(36)50(41)35-17-9-4-10-18-35)23-26-43(39)51(42)46-48-44(31-13-5-2-6-14-31)47-45(49-46)32-15-7-3-8-16-32;1-30-20-24-35(25-21-30)50-40-18-10-8-16-36(40)38-28-33(22-26-42(38)50)34-23-27-43-39(29-34)37-17-9-11-19-41(37)51(43)46-48-44(31-12-4-2-5-13-31)47-45(49-46)32-14-6-3-7-15-32/h2*2-29H,1H3. The Bertz CT molecular complexity index is 6500. The number of hydrogen-bond donors (Lipinski definition) is 0. The average molecular weight is 1310 g/mol. The summed E-state index contributed by atoms with van der Waals surface area (Å²) in [7, 11) is 0. The van der Waals surface area contributed by atoms with Crippen LogP contribution in [0.3, 0.4) is 0 Å². The molecule has 14 aromatic carbocycles. The Morgan fingerprint density at radius 1 is 0.176 bits per heavy atom. The van der Waals surface area contributed by atoms with Crippen LogP contribution >= 0.6 is 0 Å². The maximum Gasteiger partial charge on any atom is 0.238 e. The SMILES string of the molecule is Cc1ccc(-n2c3ccccc3c3cc(-c4ccc5c(c4)c4ccccc4n5-c4nc(-c5ccccc5)nc(-c5ccccc5)n4)ccc32)cc1.Cc1ccc2c(c1)c1cc(-c3ccc4c(c3)c3ccccc3n4-c3ccccc3)ccc1n2-c1nc(-c2ccccc2)nc(-c2ccccc2)n1. The third-order valence-corrected chi connectivity index (χ3v) is 19.7. The van der Waals surface area contributed by atoms with Gasteiger partial charge in [-0.1, -0.05) is 248 Å². The van der Waals surface area contributed by atoms with Gasteiger partial charge in [0.1, 0.15) is 0 Å². The maximum atomic E-state index is 5.10. The molecule has 0 saturated carbocycles. The van der Waals surface area contributed by atoms with Crippen LogP contribution in [-0.4, -0.2) is 48.2 Å². The van der Waals surface area contributed by atoms with Crippen LogP contribution in [0.1, 0.15) is 11.1 Å². The molecular formula is C92H62N10. The molecule has 102 heavy (non-hydrogen) atoms. The van der Waals surface area contributed by atoms with E-state index < -0.39 is 0 Å². The second-order valence-electron chi connectivity index (χ2n) is 26.0. The van der Waals surface area contributed by atoms with Crippen LogP contribution in [0, 0.1) is 13.8 Å². The van der Waals surface area contributed by atoms with Gasteiger partial charge in [0.2, 0.25) is 11.9 Å². The Morgan fingerprint density at radius 2 is 0.431 bits per heavy atom. The lowest BCUT2D eigenvalue weighted by Gasteiger charge is -2.11. The van der Waals surface area contributed by atoms with Crippen molar-refractivity contribution >= 4 is 87.2 Å². The number of nitrogens with zero attached hydrogens (tertiary/aromatic N) is 10. The van der Waals surface area contributed by atoms with E-state index in [9.17, 15) is 0 Å². The summed E-state index contributed by atoms with van der Waals surface area (Å²) in [5.74, 6) is 3.74. The van der Waals surface area contributed by atoms with E-state index in [4.69, 9.17) is 29.9 Å². The summed E-state index contributed by atoms with van der Waals surface area (Å²) in [6, 6.07) is 120. The van der Waals surface area contributed by atoms with Crippen LogP contribution in [0.4, 0.5) is 0 Å². The van der Waals surface area contributed by atoms with E-state index in [2.05, 4.69) is 251 Å². The predicted molar refractivity (Wildman–Crippen MR) is 419 cm³/mol. The summed E-state index contributed by atoms with van der Waals surface area (Å²) in [6.45, 7) is 4.27. The second-order valence-corrected chi connectivity index (χ2v) is 26.0. The normalized spacial score (nSPS) is 11.6. The minimum atomic E-state index is 0.590. The van der Waals surface area contributed by atoms with Crippen molar-refractivity contribution in [2.24, 2.45) is 0 Å². The molecule has 6 aromatic heterocycles. The summed E-state index contributed by atoms with van der Waals surface area (Å²) in [6.07, 6.45) is 0. The number of aromatic nitrogens is 10. The number of aryl methyl sites for hydroxylation is 2. The molecule has 0 N–H and O–H groups in total. The zero-order valence-electron chi connectivity index (χ0n) is 55.8. The maximum absolute atomic E-state index is 5.10. The fourth-order valence-electron chi connectivity index (χ4n) is 14.8. The van der Waals surface area contributed by atoms with E-state index in [1.807, 2.05) is 121 Å². The lowest BCUT2D eigenvalue weighted by atomic mass is 10.0. The molecule has 0 aliphatic rings. The molecule has 0 aliphatic carbocycles. The lowest BCUT2D eigenvalue weighted by molar-refractivity contribution is 0.953. The third-order valence-electron chi connectivity index (χ3n) is 19.7. The largest absolute Gasteiger partial charge is 0.309 e. The van der Waals surface area contributed by atoms with Crippen molar-refractivity contribution < 1.29 is 0 Å². The van der Waals surface area contributed by atoms with Gasteiger partial charge in [-0.25, -0.2) is 9.97 Å². The van der Waals surface area contributed by atoms with Crippen molar-refractivity contribution in [3.63, 3.8) is 0 Å². The lowest BCUT2D eigenvalue weighted by Crippen LogP contribution is -2.06. The highest BCUT2D eigenvalue weighted by Gasteiger charge is 2.23. The molecule has 0 aliphatic heterocycles. The Balaban J connectivity index is 0.000000141. The van der Waals surface area contributed by atoms with Crippen molar-refractivity contribution in [1.82, 2.24) is 48.2 Å². The van der Waals surface area contributed by atoms with Crippen LogP contribution < -0.4 is 0 Å². The first-order valence-corrected chi connectivity index (χ1v) is 34.4. The van der Waals surface area contributed by atoms with Crippen LogP contribution in [0.2, 0.25) is 0 Å². The molecule has 480 valence electrons. The summed E-state index contributed by atoms with van der Waals surface area (Å²) in [5, 5.41) is 9.56.